The molecule has 1 aromatic heterocycles. The number of para-hydroxylation sites is 1. The molecule has 0 aliphatic rings. The summed E-state index contributed by atoms with van der Waals surface area (Å²) in [6, 6.07) is 9.68. The smallest absolute Gasteiger partial charge is 0.364 e. The van der Waals surface area contributed by atoms with Crippen molar-refractivity contribution in [2.75, 3.05) is 6.54 Å². The largest absolute Gasteiger partial charge is 0.480 e. The van der Waals surface area contributed by atoms with Gasteiger partial charge in [-0.15, -0.1) is 0 Å². The lowest BCUT2D eigenvalue weighted by atomic mass is 10.1. The van der Waals surface area contributed by atoms with Crippen molar-refractivity contribution in [2.24, 2.45) is 11.5 Å². The molecule has 0 unspecified atom stereocenters. The third-order valence-electron chi connectivity index (χ3n) is 3.06. The molecule has 2 aromatic rings. The van der Waals surface area contributed by atoms with Crippen LogP contribution < -0.4 is 11.5 Å². The molecule has 0 bridgehead atoms. The Bertz CT molecular complexity index is 665. The monoisotopic (exact) mass is 338 g/mol. The maximum absolute atomic E-state index is 10.4. The van der Waals surface area contributed by atoms with Crippen LogP contribution in [0.15, 0.2) is 36.4 Å². The number of hydrogen-bond donors (Lipinski definition) is 3. The Morgan fingerprint density at radius 2 is 1.92 bits per heavy atom. The van der Waals surface area contributed by atoms with E-state index in [-0.39, 0.29) is 11.3 Å². The van der Waals surface area contributed by atoms with Crippen LogP contribution in [0.1, 0.15) is 19.3 Å². The summed E-state index contributed by atoms with van der Waals surface area (Å²) < 4.78 is 0. The van der Waals surface area contributed by atoms with E-state index in [9.17, 15) is 14.9 Å². The van der Waals surface area contributed by atoms with Crippen LogP contribution in [-0.4, -0.2) is 39.0 Å². The standard InChI is InChI=1S/C9H6N2O2.C6H14N2O2.H2O/c12-11(13)9-6-5-7-3-1-2-4-8(7)10-9;7-4-2-1-3-5(8)6(9)10;/h1-6H;5H,1-4,7-8H2,(H,9,10);1H2/t;5-;/m.0./s1. The second-order valence-corrected chi connectivity index (χ2v) is 4.85. The predicted octanol–water partition coefficient (Wildman–Crippen LogP) is 0.846. The van der Waals surface area contributed by atoms with Crippen molar-refractivity contribution in [2.45, 2.75) is 25.3 Å². The number of carboxylic acid groups (broad SMARTS) is 1. The van der Waals surface area contributed by atoms with Crippen LogP contribution in [0.4, 0.5) is 5.82 Å². The lowest BCUT2D eigenvalue weighted by Gasteiger charge is -2.03. The van der Waals surface area contributed by atoms with Gasteiger partial charge in [-0.1, -0.05) is 24.6 Å². The van der Waals surface area contributed by atoms with E-state index >= 15 is 0 Å². The first kappa shape index (κ1) is 21.4. The number of aliphatic carboxylic acids is 1. The molecule has 24 heavy (non-hydrogen) atoms. The molecule has 0 aliphatic carbocycles. The van der Waals surface area contributed by atoms with Crippen molar-refractivity contribution < 1.29 is 20.3 Å². The molecule has 1 heterocycles. The highest BCUT2D eigenvalue weighted by atomic mass is 16.6. The van der Waals surface area contributed by atoms with Gasteiger partial charge in [0.2, 0.25) is 0 Å². The van der Waals surface area contributed by atoms with Crippen molar-refractivity contribution in [3.05, 3.63) is 46.5 Å². The normalized spacial score (nSPS) is 10.9. The van der Waals surface area contributed by atoms with E-state index in [0.29, 0.717) is 18.5 Å². The van der Waals surface area contributed by atoms with Gasteiger partial charge in [-0.05, 0) is 41.4 Å². The quantitative estimate of drug-likeness (QED) is 0.397. The number of aromatic nitrogens is 1. The molecular formula is C15H22N4O5. The average Bonchev–Trinajstić information content (AvgIpc) is 2.55. The number of pyridine rings is 1. The Labute approximate surface area is 138 Å². The highest BCUT2D eigenvalue weighted by molar-refractivity contribution is 5.79. The van der Waals surface area contributed by atoms with E-state index in [1.807, 2.05) is 12.1 Å². The number of nitrogens with zero attached hydrogens (tertiary/aromatic N) is 2. The predicted molar refractivity (Wildman–Crippen MR) is 90.5 cm³/mol. The van der Waals surface area contributed by atoms with E-state index < -0.39 is 16.9 Å². The van der Waals surface area contributed by atoms with Crippen molar-refractivity contribution in [3.8, 4) is 0 Å². The van der Waals surface area contributed by atoms with E-state index in [2.05, 4.69) is 4.98 Å². The lowest BCUT2D eigenvalue weighted by molar-refractivity contribution is -0.389. The molecule has 1 atom stereocenters. The minimum Gasteiger partial charge on any atom is -0.480 e. The van der Waals surface area contributed by atoms with E-state index in [1.54, 1.807) is 18.2 Å². The molecule has 0 radical (unpaired) electrons. The highest BCUT2D eigenvalue weighted by Gasteiger charge is 2.09. The Morgan fingerprint density at radius 1 is 1.25 bits per heavy atom. The fraction of sp³-hybridized carbons (Fsp3) is 0.333. The minimum atomic E-state index is -0.933. The number of nitro groups is 1. The van der Waals surface area contributed by atoms with Crippen molar-refractivity contribution in [1.29, 1.82) is 0 Å². The van der Waals surface area contributed by atoms with Crippen LogP contribution in [-0.2, 0) is 4.79 Å². The molecule has 9 heteroatoms. The summed E-state index contributed by atoms with van der Waals surface area (Å²) in [7, 11) is 0. The zero-order chi connectivity index (χ0) is 17.2. The van der Waals surface area contributed by atoms with Gasteiger partial charge >= 0.3 is 11.8 Å². The highest BCUT2D eigenvalue weighted by Crippen LogP contribution is 2.15. The molecule has 0 saturated carbocycles. The van der Waals surface area contributed by atoms with E-state index in [0.717, 1.165) is 18.2 Å². The van der Waals surface area contributed by atoms with Gasteiger partial charge in [0.15, 0.2) is 5.52 Å². The first-order chi connectivity index (χ1) is 11.0. The number of hydrogen-bond acceptors (Lipinski definition) is 6. The second-order valence-electron chi connectivity index (χ2n) is 4.85. The topological polar surface area (TPSA) is 177 Å². The molecule has 0 spiro atoms. The molecule has 9 nitrogen and oxygen atoms in total. The summed E-state index contributed by atoms with van der Waals surface area (Å²) in [6.07, 6.45) is 2.16. The Morgan fingerprint density at radius 3 is 2.50 bits per heavy atom. The Kier molecular flexibility index (Phi) is 9.80. The van der Waals surface area contributed by atoms with Crippen LogP contribution >= 0.6 is 0 Å². The van der Waals surface area contributed by atoms with Gasteiger partial charge in [0.05, 0.1) is 0 Å². The van der Waals surface area contributed by atoms with Gasteiger partial charge in [-0.2, -0.15) is 0 Å². The number of carbonyl (C=O) groups is 1. The number of unbranched alkanes of at least 4 members (excludes halogenated alkanes) is 1. The van der Waals surface area contributed by atoms with Crippen LogP contribution in [0.3, 0.4) is 0 Å². The third-order valence-corrected chi connectivity index (χ3v) is 3.06. The van der Waals surface area contributed by atoms with Crippen molar-refractivity contribution in [1.82, 2.24) is 4.98 Å². The van der Waals surface area contributed by atoms with Gasteiger partial charge in [-0.3, -0.25) is 4.79 Å². The zero-order valence-corrected chi connectivity index (χ0v) is 13.1. The molecule has 132 valence electrons. The Hall–Kier alpha value is -2.62. The summed E-state index contributed by atoms with van der Waals surface area (Å²) in [6.45, 7) is 0.604. The maximum atomic E-state index is 10.4. The fourth-order valence-electron chi connectivity index (χ4n) is 1.79. The summed E-state index contributed by atoms with van der Waals surface area (Å²) in [5.41, 5.74) is 11.1. The summed E-state index contributed by atoms with van der Waals surface area (Å²) in [5, 5.41) is 19.6. The second kappa shape index (κ2) is 11.0. The third kappa shape index (κ3) is 7.09. The van der Waals surface area contributed by atoms with Gasteiger partial charge in [-0.25, -0.2) is 0 Å². The number of fused-ring (bicyclic) bond motifs is 1. The van der Waals surface area contributed by atoms with Gasteiger partial charge in [0, 0.05) is 11.5 Å². The van der Waals surface area contributed by atoms with E-state index in [1.165, 1.54) is 6.07 Å². The summed E-state index contributed by atoms with van der Waals surface area (Å²) in [4.78, 5) is 23.9. The first-order valence-electron chi connectivity index (χ1n) is 7.14. The average molecular weight is 338 g/mol. The van der Waals surface area contributed by atoms with Crippen LogP contribution in [0, 0.1) is 10.1 Å². The van der Waals surface area contributed by atoms with Gasteiger partial charge in [0.1, 0.15) is 6.04 Å². The summed E-state index contributed by atoms with van der Waals surface area (Å²) >= 11 is 0. The number of rotatable bonds is 6. The SMILES string of the molecule is NCCCC[C@H](N)C(=O)O.O.O=[N+]([O-])c1ccc2ccccc2n1. The molecule has 7 N–H and O–H groups in total. The van der Waals surface area contributed by atoms with Crippen LogP contribution in [0.5, 0.6) is 0 Å². The van der Waals surface area contributed by atoms with Crippen LogP contribution in [0.2, 0.25) is 0 Å². The number of benzene rings is 1. The Balaban J connectivity index is 0.000000441. The maximum Gasteiger partial charge on any atom is 0.364 e. The molecule has 0 aliphatic heterocycles. The minimum absolute atomic E-state index is 0. The molecule has 0 amide bonds. The zero-order valence-electron chi connectivity index (χ0n) is 13.1. The fourth-order valence-corrected chi connectivity index (χ4v) is 1.79. The molecular weight excluding hydrogens is 316 g/mol. The van der Waals surface area contributed by atoms with Gasteiger partial charge < -0.3 is 32.2 Å². The molecule has 1 aromatic carbocycles. The number of carboxylic acids is 1. The summed E-state index contributed by atoms with van der Waals surface area (Å²) in [5.74, 6) is -1.05. The number of nitrogens with two attached hydrogens (primary N) is 2. The molecule has 0 saturated heterocycles. The van der Waals surface area contributed by atoms with Crippen LogP contribution in [0.25, 0.3) is 10.9 Å². The van der Waals surface area contributed by atoms with E-state index in [4.69, 9.17) is 16.6 Å². The van der Waals surface area contributed by atoms with Gasteiger partial charge in [0.25, 0.3) is 0 Å². The van der Waals surface area contributed by atoms with Crippen molar-refractivity contribution in [3.63, 3.8) is 0 Å². The van der Waals surface area contributed by atoms with Crippen molar-refractivity contribution >= 4 is 22.7 Å². The first-order valence-corrected chi connectivity index (χ1v) is 7.14. The molecule has 2 rings (SSSR count). The molecule has 0 fully saturated rings. The lowest BCUT2D eigenvalue weighted by Crippen LogP contribution is -2.29.